The molecule has 3 aliphatic rings. The van der Waals surface area contributed by atoms with Gasteiger partial charge in [-0.25, -0.2) is 4.39 Å². The first-order chi connectivity index (χ1) is 11.7. The summed E-state index contributed by atoms with van der Waals surface area (Å²) in [6.45, 7) is 3.74. The van der Waals surface area contributed by atoms with Crippen molar-refractivity contribution in [1.82, 2.24) is 14.8 Å². The number of piperidine rings is 1. The van der Waals surface area contributed by atoms with Crippen LogP contribution in [-0.4, -0.2) is 40.0 Å². The van der Waals surface area contributed by atoms with Gasteiger partial charge >= 0.3 is 0 Å². The molecule has 0 aliphatic carbocycles. The van der Waals surface area contributed by atoms with Crippen molar-refractivity contribution in [3.63, 3.8) is 0 Å². The van der Waals surface area contributed by atoms with Gasteiger partial charge in [0.15, 0.2) is 0 Å². The van der Waals surface area contributed by atoms with E-state index in [1.54, 1.807) is 12.3 Å². The highest BCUT2D eigenvalue weighted by Crippen LogP contribution is 2.34. The number of nitriles is 1. The van der Waals surface area contributed by atoms with Crippen molar-refractivity contribution >= 4 is 0 Å². The molecule has 2 bridgehead atoms. The van der Waals surface area contributed by atoms with Gasteiger partial charge in [0.1, 0.15) is 5.82 Å². The molecule has 2 unspecified atom stereocenters. The molecule has 4 heterocycles. The predicted octanol–water partition coefficient (Wildman–Crippen LogP) is 2.55. The van der Waals surface area contributed by atoms with Crippen LogP contribution in [0.1, 0.15) is 23.1 Å². The van der Waals surface area contributed by atoms with Gasteiger partial charge in [-0.1, -0.05) is 12.1 Å². The van der Waals surface area contributed by atoms with E-state index in [2.05, 4.69) is 20.9 Å². The molecule has 5 rings (SSSR count). The maximum absolute atomic E-state index is 13.3. The second kappa shape index (κ2) is 6.31. The lowest BCUT2D eigenvalue weighted by Gasteiger charge is -2.56. The normalized spacial score (nSPS) is 23.5. The number of rotatable bonds is 4. The van der Waals surface area contributed by atoms with Gasteiger partial charge in [0.05, 0.1) is 17.8 Å². The number of nitrogens with zero attached hydrogens (tertiary/aromatic N) is 4. The number of aromatic nitrogens is 1. The molecule has 5 heteroatoms. The Morgan fingerprint density at radius 3 is 2.50 bits per heavy atom. The molecular formula is C19H19FN4. The standard InChI is InChI=1S/C19H19FN4/c20-17-5-16(8-22-9-17)10-23-12-18-6-19(13-23)24(18)11-15-3-1-14(7-21)2-4-15/h1-5,8-9,18-19H,6,10-13H2. The Morgan fingerprint density at radius 1 is 1.08 bits per heavy atom. The summed E-state index contributed by atoms with van der Waals surface area (Å²) in [6, 6.07) is 12.7. The zero-order chi connectivity index (χ0) is 16.5. The summed E-state index contributed by atoms with van der Waals surface area (Å²) in [7, 11) is 0. The van der Waals surface area contributed by atoms with Crippen molar-refractivity contribution in [1.29, 1.82) is 5.26 Å². The summed E-state index contributed by atoms with van der Waals surface area (Å²) in [5.41, 5.74) is 2.90. The Kier molecular flexibility index (Phi) is 4.01. The number of hydrogen-bond acceptors (Lipinski definition) is 4. The minimum absolute atomic E-state index is 0.267. The van der Waals surface area contributed by atoms with Gasteiger partial charge in [-0.15, -0.1) is 0 Å². The van der Waals surface area contributed by atoms with E-state index < -0.39 is 0 Å². The van der Waals surface area contributed by atoms with Crippen LogP contribution in [0.3, 0.4) is 0 Å². The van der Waals surface area contributed by atoms with E-state index in [0.29, 0.717) is 17.6 Å². The largest absolute Gasteiger partial charge is 0.296 e. The molecule has 2 aromatic rings. The Morgan fingerprint density at radius 2 is 1.83 bits per heavy atom. The van der Waals surface area contributed by atoms with Crippen molar-refractivity contribution in [3.05, 3.63) is 65.2 Å². The molecule has 2 atom stereocenters. The first-order valence-corrected chi connectivity index (χ1v) is 8.28. The fraction of sp³-hybridized carbons (Fsp3) is 0.368. The predicted molar refractivity (Wildman–Crippen MR) is 88.4 cm³/mol. The molecule has 3 aliphatic heterocycles. The maximum atomic E-state index is 13.3. The average molecular weight is 322 g/mol. The van der Waals surface area contributed by atoms with Gasteiger partial charge in [-0.05, 0) is 35.7 Å². The van der Waals surface area contributed by atoms with Crippen LogP contribution in [-0.2, 0) is 13.1 Å². The lowest BCUT2D eigenvalue weighted by Crippen LogP contribution is -2.67. The highest BCUT2D eigenvalue weighted by molar-refractivity contribution is 5.31. The van der Waals surface area contributed by atoms with Crippen LogP contribution in [0, 0.1) is 17.1 Å². The van der Waals surface area contributed by atoms with Crippen LogP contribution in [0.4, 0.5) is 4.39 Å². The molecule has 0 spiro atoms. The summed E-state index contributed by atoms with van der Waals surface area (Å²) >= 11 is 0. The Hall–Kier alpha value is -2.29. The van der Waals surface area contributed by atoms with Crippen LogP contribution < -0.4 is 0 Å². The number of hydrogen-bond donors (Lipinski definition) is 0. The summed E-state index contributed by atoms with van der Waals surface area (Å²) < 4.78 is 13.3. The van der Waals surface area contributed by atoms with E-state index in [1.807, 2.05) is 24.3 Å². The minimum Gasteiger partial charge on any atom is -0.296 e. The van der Waals surface area contributed by atoms with E-state index in [-0.39, 0.29) is 5.82 Å². The van der Waals surface area contributed by atoms with Crippen LogP contribution in [0.2, 0.25) is 0 Å². The highest BCUT2D eigenvalue weighted by atomic mass is 19.1. The third kappa shape index (κ3) is 3.03. The first-order valence-electron chi connectivity index (χ1n) is 8.28. The lowest BCUT2D eigenvalue weighted by molar-refractivity contribution is -0.0774. The first kappa shape index (κ1) is 15.3. The van der Waals surface area contributed by atoms with Crippen LogP contribution >= 0.6 is 0 Å². The molecule has 0 radical (unpaired) electrons. The van der Waals surface area contributed by atoms with Gasteiger partial charge in [-0.2, -0.15) is 5.26 Å². The van der Waals surface area contributed by atoms with E-state index in [4.69, 9.17) is 5.26 Å². The van der Waals surface area contributed by atoms with E-state index >= 15 is 0 Å². The summed E-state index contributed by atoms with van der Waals surface area (Å²) in [5.74, 6) is -0.267. The molecule has 0 saturated carbocycles. The second-order valence-corrected chi connectivity index (χ2v) is 6.73. The van der Waals surface area contributed by atoms with Crippen molar-refractivity contribution in [2.75, 3.05) is 13.1 Å². The molecule has 3 fully saturated rings. The van der Waals surface area contributed by atoms with Crippen molar-refractivity contribution in [2.45, 2.75) is 31.6 Å². The van der Waals surface area contributed by atoms with Gasteiger partial charge in [0.2, 0.25) is 0 Å². The zero-order valence-corrected chi connectivity index (χ0v) is 13.4. The monoisotopic (exact) mass is 322 g/mol. The number of benzene rings is 1. The molecule has 0 N–H and O–H groups in total. The third-order valence-electron chi connectivity index (χ3n) is 5.04. The smallest absolute Gasteiger partial charge is 0.141 e. The van der Waals surface area contributed by atoms with Crippen LogP contribution in [0.15, 0.2) is 42.7 Å². The summed E-state index contributed by atoms with van der Waals surface area (Å²) in [4.78, 5) is 8.87. The van der Waals surface area contributed by atoms with Gasteiger partial charge < -0.3 is 0 Å². The molecule has 0 amide bonds. The summed E-state index contributed by atoms with van der Waals surface area (Å²) in [5, 5.41) is 8.87. The van der Waals surface area contributed by atoms with Gasteiger partial charge in [0, 0.05) is 44.5 Å². The Labute approximate surface area is 141 Å². The molecule has 1 aromatic heterocycles. The minimum atomic E-state index is -0.267. The Balaban J connectivity index is 1.35. The van der Waals surface area contributed by atoms with Crippen molar-refractivity contribution < 1.29 is 4.39 Å². The fourth-order valence-electron chi connectivity index (χ4n) is 3.86. The highest BCUT2D eigenvalue weighted by Gasteiger charge is 2.44. The zero-order valence-electron chi connectivity index (χ0n) is 13.4. The lowest BCUT2D eigenvalue weighted by atomic mass is 9.86. The van der Waals surface area contributed by atoms with Crippen molar-refractivity contribution in [2.24, 2.45) is 0 Å². The average Bonchev–Trinajstić information content (AvgIpc) is 2.60. The molecule has 3 saturated heterocycles. The van der Waals surface area contributed by atoms with Crippen LogP contribution in [0.25, 0.3) is 0 Å². The molecule has 4 nitrogen and oxygen atoms in total. The van der Waals surface area contributed by atoms with E-state index in [0.717, 1.165) is 31.7 Å². The van der Waals surface area contributed by atoms with E-state index in [9.17, 15) is 4.39 Å². The van der Waals surface area contributed by atoms with Crippen molar-refractivity contribution in [3.8, 4) is 6.07 Å². The SMILES string of the molecule is N#Cc1ccc(CN2C3CC2CN(Cc2cncc(F)c2)C3)cc1. The van der Waals surface area contributed by atoms with Gasteiger partial charge in [0.25, 0.3) is 0 Å². The molecule has 122 valence electrons. The number of piperazine rings is 1. The quantitative estimate of drug-likeness (QED) is 0.868. The molecular weight excluding hydrogens is 303 g/mol. The number of halogens is 1. The fourth-order valence-corrected chi connectivity index (χ4v) is 3.86. The second-order valence-electron chi connectivity index (χ2n) is 6.73. The summed E-state index contributed by atoms with van der Waals surface area (Å²) in [6.07, 6.45) is 4.24. The number of pyridine rings is 1. The van der Waals surface area contributed by atoms with Crippen LogP contribution in [0.5, 0.6) is 0 Å². The number of fused-ring (bicyclic) bond motifs is 2. The topological polar surface area (TPSA) is 43.2 Å². The van der Waals surface area contributed by atoms with E-state index in [1.165, 1.54) is 18.2 Å². The molecule has 24 heavy (non-hydrogen) atoms. The Bertz CT molecular complexity index is 756. The van der Waals surface area contributed by atoms with Gasteiger partial charge in [-0.3, -0.25) is 14.8 Å². The third-order valence-corrected chi connectivity index (χ3v) is 5.04. The maximum Gasteiger partial charge on any atom is 0.141 e. The molecule has 1 aromatic carbocycles.